The fourth-order valence-corrected chi connectivity index (χ4v) is 5.20. The van der Waals surface area contributed by atoms with E-state index in [1.807, 2.05) is 4.90 Å². The number of halogens is 4. The van der Waals surface area contributed by atoms with Gasteiger partial charge in [0.15, 0.2) is 22.8 Å². The predicted octanol–water partition coefficient (Wildman–Crippen LogP) is 4.19. The SMILES string of the molecule is CNc1nccnc1/C(=C\N)Oc1cnc2[nH]c(Nc3ccc(CN4CC[C@@H](OC)C4)c(C(F)(F)F)c3)[n+](C)c2c1Cl. The summed E-state index contributed by atoms with van der Waals surface area (Å²) >= 11 is 6.72. The van der Waals surface area contributed by atoms with E-state index in [2.05, 4.69) is 30.6 Å². The Morgan fingerprint density at radius 2 is 2.07 bits per heavy atom. The highest BCUT2D eigenvalue weighted by Gasteiger charge is 2.35. The normalized spacial score (nSPS) is 16.3. The number of fused-ring (bicyclic) bond motifs is 1. The van der Waals surface area contributed by atoms with Crippen molar-refractivity contribution in [2.75, 3.05) is 37.9 Å². The van der Waals surface area contributed by atoms with Gasteiger partial charge in [0, 0.05) is 52.4 Å². The van der Waals surface area contributed by atoms with E-state index in [0.29, 0.717) is 41.7 Å². The van der Waals surface area contributed by atoms with E-state index in [4.69, 9.17) is 26.8 Å². The van der Waals surface area contributed by atoms with Crippen molar-refractivity contribution in [1.29, 1.82) is 0 Å². The average Bonchev–Trinajstić information content (AvgIpc) is 3.56. The second-order valence-corrected chi connectivity index (χ2v) is 10.1. The van der Waals surface area contributed by atoms with Gasteiger partial charge in [-0.3, -0.25) is 4.90 Å². The van der Waals surface area contributed by atoms with Gasteiger partial charge in [-0.2, -0.15) is 13.2 Å². The number of pyridine rings is 1. The van der Waals surface area contributed by atoms with Gasteiger partial charge in [0.1, 0.15) is 10.7 Å². The van der Waals surface area contributed by atoms with Crippen LogP contribution in [0.4, 0.5) is 30.6 Å². The number of hydrogen-bond donors (Lipinski definition) is 4. The molecule has 4 aromatic rings. The molecule has 1 atom stereocenters. The van der Waals surface area contributed by atoms with Gasteiger partial charge in [-0.15, -0.1) is 0 Å². The Balaban J connectivity index is 1.42. The average molecular weight is 605 g/mol. The largest absolute Gasteiger partial charge is 0.450 e. The lowest BCUT2D eigenvalue weighted by Crippen LogP contribution is -2.30. The number of aryl methyl sites for hydroxylation is 1. The van der Waals surface area contributed by atoms with Gasteiger partial charge >= 0.3 is 12.1 Å². The van der Waals surface area contributed by atoms with E-state index < -0.39 is 11.7 Å². The lowest BCUT2D eigenvalue weighted by molar-refractivity contribution is -0.629. The van der Waals surface area contributed by atoms with E-state index in [-0.39, 0.29) is 40.4 Å². The molecule has 15 heteroatoms. The second-order valence-electron chi connectivity index (χ2n) is 9.68. The molecule has 0 spiro atoms. The smallest absolute Gasteiger partial charge is 0.416 e. The number of nitrogens with two attached hydrogens (primary N) is 1. The number of benzene rings is 1. The monoisotopic (exact) mass is 604 g/mol. The molecule has 42 heavy (non-hydrogen) atoms. The number of imidazole rings is 1. The van der Waals surface area contributed by atoms with Crippen molar-refractivity contribution in [1.82, 2.24) is 24.8 Å². The number of nitrogens with zero attached hydrogens (tertiary/aromatic N) is 5. The molecule has 4 heterocycles. The number of nitrogens with one attached hydrogen (secondary N) is 3. The van der Waals surface area contributed by atoms with Crippen LogP contribution in [0.1, 0.15) is 23.2 Å². The molecular weight excluding hydrogens is 575 g/mol. The highest BCUT2D eigenvalue weighted by molar-refractivity contribution is 6.36. The molecule has 0 unspecified atom stereocenters. The minimum atomic E-state index is -4.53. The predicted molar refractivity (Wildman–Crippen MR) is 152 cm³/mol. The Kier molecular flexibility index (Phi) is 8.38. The number of H-pyrrole nitrogens is 1. The first-order valence-electron chi connectivity index (χ1n) is 13.0. The molecule has 1 aromatic carbocycles. The van der Waals surface area contributed by atoms with Crippen molar-refractivity contribution in [3.8, 4) is 5.75 Å². The zero-order valence-corrected chi connectivity index (χ0v) is 23.8. The summed E-state index contributed by atoms with van der Waals surface area (Å²) in [7, 11) is 5.00. The number of aromatic nitrogens is 5. The summed E-state index contributed by atoms with van der Waals surface area (Å²) < 4.78 is 55.2. The molecular formula is C27H30ClF3N9O2+. The molecule has 5 rings (SSSR count). The summed E-state index contributed by atoms with van der Waals surface area (Å²) in [5, 5.41) is 6.15. The van der Waals surface area contributed by atoms with E-state index in [1.54, 1.807) is 31.8 Å². The van der Waals surface area contributed by atoms with Gasteiger partial charge < -0.3 is 20.5 Å². The topological polar surface area (TPSA) is 130 Å². The Bertz CT molecular complexity index is 1630. The molecule has 222 valence electrons. The van der Waals surface area contributed by atoms with Gasteiger partial charge in [0.05, 0.1) is 30.6 Å². The third-order valence-corrected chi connectivity index (χ3v) is 7.41. The van der Waals surface area contributed by atoms with Crippen molar-refractivity contribution in [2.24, 2.45) is 12.8 Å². The number of likely N-dealkylation sites (tertiary alicyclic amines) is 1. The number of hydrogen-bond acceptors (Lipinski definition) is 9. The van der Waals surface area contributed by atoms with E-state index >= 15 is 0 Å². The fraction of sp³-hybridized carbons (Fsp3) is 0.333. The van der Waals surface area contributed by atoms with E-state index in [0.717, 1.165) is 12.5 Å². The van der Waals surface area contributed by atoms with Crippen LogP contribution in [0, 0.1) is 0 Å². The number of aromatic amines is 1. The number of rotatable bonds is 9. The zero-order valence-electron chi connectivity index (χ0n) is 23.1. The number of alkyl halides is 3. The van der Waals surface area contributed by atoms with Crippen LogP contribution in [0.25, 0.3) is 16.9 Å². The molecule has 1 saturated heterocycles. The Morgan fingerprint density at radius 3 is 2.76 bits per heavy atom. The third-order valence-electron chi connectivity index (χ3n) is 7.04. The minimum absolute atomic E-state index is 0.0318. The minimum Gasteiger partial charge on any atom is -0.450 e. The summed E-state index contributed by atoms with van der Waals surface area (Å²) in [6, 6.07) is 4.21. The highest BCUT2D eigenvalue weighted by atomic mass is 35.5. The first-order chi connectivity index (χ1) is 20.1. The molecule has 0 bridgehead atoms. The standard InChI is InChI=1S/C27H29ClF3N9O2/c1-33-24-22(34-7-8-35-24)19(11-32)42-20-12-36-25-23(21(20)28)39(2)26(38-25)37-16-5-4-15(18(10-16)27(29,30)31)13-40-9-6-17(14-40)41-3/h4-5,7-8,10-12,17H,6,9,13-14H2,1-3H3,(H4,32,33,34,35,36,37,38)/p+1/t17-/m1/s1. The quantitative estimate of drug-likeness (QED) is 0.164. The van der Waals surface area contributed by atoms with Crippen LogP contribution < -0.4 is 25.7 Å². The van der Waals surface area contributed by atoms with Crippen LogP contribution in [0.15, 0.2) is 43.0 Å². The molecule has 3 aromatic heterocycles. The van der Waals surface area contributed by atoms with Gasteiger partial charge in [-0.05, 0) is 24.1 Å². The Hall–Kier alpha value is -4.14. The van der Waals surface area contributed by atoms with Crippen molar-refractivity contribution in [2.45, 2.75) is 25.2 Å². The zero-order chi connectivity index (χ0) is 30.0. The van der Waals surface area contributed by atoms with Gasteiger partial charge in [0.25, 0.3) is 0 Å². The van der Waals surface area contributed by atoms with Crippen LogP contribution >= 0.6 is 11.6 Å². The molecule has 0 aliphatic carbocycles. The molecule has 0 radical (unpaired) electrons. The van der Waals surface area contributed by atoms with Gasteiger partial charge in [-0.1, -0.05) is 17.7 Å². The molecule has 1 aliphatic rings. The highest BCUT2D eigenvalue weighted by Crippen LogP contribution is 2.36. The van der Waals surface area contributed by atoms with Crippen LogP contribution in [0.3, 0.4) is 0 Å². The van der Waals surface area contributed by atoms with Crippen LogP contribution in [-0.4, -0.2) is 58.2 Å². The number of anilines is 3. The second kappa shape index (κ2) is 12.0. The first-order valence-corrected chi connectivity index (χ1v) is 13.4. The van der Waals surface area contributed by atoms with Gasteiger partial charge in [0.2, 0.25) is 5.65 Å². The maximum Gasteiger partial charge on any atom is 0.416 e. The molecule has 11 nitrogen and oxygen atoms in total. The van der Waals surface area contributed by atoms with E-state index in [9.17, 15) is 13.2 Å². The van der Waals surface area contributed by atoms with Crippen molar-refractivity contribution in [3.63, 3.8) is 0 Å². The lowest BCUT2D eigenvalue weighted by Gasteiger charge is -2.19. The van der Waals surface area contributed by atoms with Crippen molar-refractivity contribution < 1.29 is 27.2 Å². The van der Waals surface area contributed by atoms with E-state index in [1.165, 1.54) is 30.9 Å². The van der Waals surface area contributed by atoms with Crippen LogP contribution in [0.2, 0.25) is 5.02 Å². The maximum atomic E-state index is 14.1. The Morgan fingerprint density at radius 1 is 1.29 bits per heavy atom. The summed E-state index contributed by atoms with van der Waals surface area (Å²) in [4.78, 5) is 17.9. The number of ether oxygens (including phenoxy) is 2. The Labute approximate surface area is 244 Å². The lowest BCUT2D eigenvalue weighted by atomic mass is 10.1. The molecule has 1 fully saturated rings. The summed E-state index contributed by atoms with van der Waals surface area (Å²) in [5.74, 6) is 1.19. The fourth-order valence-electron chi connectivity index (χ4n) is 4.90. The maximum absolute atomic E-state index is 14.1. The number of methoxy groups -OCH3 is 1. The molecule has 1 aliphatic heterocycles. The summed E-state index contributed by atoms with van der Waals surface area (Å²) in [6.07, 6.45) is 1.95. The van der Waals surface area contributed by atoms with Crippen LogP contribution in [0.5, 0.6) is 5.75 Å². The summed E-state index contributed by atoms with van der Waals surface area (Å²) in [5.41, 5.74) is 6.76. The van der Waals surface area contributed by atoms with Gasteiger partial charge in [-0.25, -0.2) is 29.8 Å². The molecule has 0 amide bonds. The van der Waals surface area contributed by atoms with Crippen molar-refractivity contribution in [3.05, 3.63) is 64.8 Å². The molecule has 5 N–H and O–H groups in total. The third kappa shape index (κ3) is 5.91. The van der Waals surface area contributed by atoms with Crippen molar-refractivity contribution >= 4 is 46.0 Å². The first kappa shape index (κ1) is 29.4. The summed E-state index contributed by atoms with van der Waals surface area (Å²) in [6.45, 7) is 1.45. The van der Waals surface area contributed by atoms with Crippen LogP contribution in [-0.2, 0) is 24.5 Å². The molecule has 0 saturated carbocycles.